The fourth-order valence-corrected chi connectivity index (χ4v) is 2.77. The molecule has 1 N–H and O–H groups in total. The second-order valence-electron chi connectivity index (χ2n) is 5.80. The van der Waals surface area contributed by atoms with Gasteiger partial charge >= 0.3 is 17.9 Å². The number of carbonyl (C=O) groups excluding carboxylic acids is 2. The lowest BCUT2D eigenvalue weighted by Gasteiger charge is -2.31. The van der Waals surface area contributed by atoms with Crippen LogP contribution in [0.25, 0.3) is 5.69 Å². The van der Waals surface area contributed by atoms with Crippen LogP contribution in [0.3, 0.4) is 0 Å². The Hall–Kier alpha value is -3.73. The minimum atomic E-state index is -1.24. The van der Waals surface area contributed by atoms with E-state index in [1.165, 1.54) is 29.3 Å². The highest BCUT2D eigenvalue weighted by atomic mass is 19.1. The van der Waals surface area contributed by atoms with Gasteiger partial charge in [0, 0.05) is 11.9 Å². The molecule has 2 heterocycles. The van der Waals surface area contributed by atoms with Gasteiger partial charge in [0.25, 0.3) is 0 Å². The summed E-state index contributed by atoms with van der Waals surface area (Å²) in [5, 5.41) is 12.7. The van der Waals surface area contributed by atoms with Crippen LogP contribution in [0.15, 0.2) is 41.7 Å². The second-order valence-corrected chi connectivity index (χ2v) is 5.80. The number of nitrogens with zero attached hydrogens (tertiary/aromatic N) is 3. The minimum absolute atomic E-state index is 0.00373. The predicted molar refractivity (Wildman–Crippen MR) is 94.8 cm³/mol. The minimum Gasteiger partial charge on any atom is -0.476 e. The molecule has 1 aromatic heterocycles. The molecular weight excluding hydrogens is 389 g/mol. The van der Waals surface area contributed by atoms with E-state index in [0.29, 0.717) is 0 Å². The van der Waals surface area contributed by atoms with Crippen LogP contribution in [-0.2, 0) is 23.8 Å². The first-order valence-electron chi connectivity index (χ1n) is 8.21. The molecule has 152 valence electrons. The fraction of sp³-hybridized carbons (Fsp3) is 0.222. The molecule has 0 bridgehead atoms. The standard InChI is InChI=1S/C18H16FN3O7/c1-27-17(25)11-8-29-9-21(15(11)18(26)28-2)10-3-4-14(12(19)7-10)22-6-5-13(20-22)16(23)24/h3-7H,8-9H2,1-2H3,(H,23,24). The number of aromatic carboxylic acids is 1. The number of hydrogen-bond acceptors (Lipinski definition) is 8. The molecule has 0 saturated heterocycles. The first kappa shape index (κ1) is 20.0. The molecule has 0 saturated carbocycles. The molecule has 0 spiro atoms. The number of halogens is 1. The van der Waals surface area contributed by atoms with Gasteiger partial charge in [-0.3, -0.25) is 0 Å². The Balaban J connectivity index is 2.02. The number of carboxylic acids is 1. The number of aromatic nitrogens is 2. The summed E-state index contributed by atoms with van der Waals surface area (Å²) in [4.78, 5) is 36.5. The Morgan fingerprint density at radius 1 is 1.17 bits per heavy atom. The maximum Gasteiger partial charge on any atom is 0.356 e. The van der Waals surface area contributed by atoms with Gasteiger partial charge in [0.1, 0.15) is 18.1 Å². The first-order valence-corrected chi connectivity index (χ1v) is 8.21. The summed E-state index contributed by atoms with van der Waals surface area (Å²) in [5.74, 6) is -3.56. The molecule has 1 aliphatic rings. The predicted octanol–water partition coefficient (Wildman–Crippen LogP) is 1.10. The molecular formula is C18H16FN3O7. The van der Waals surface area contributed by atoms with E-state index >= 15 is 0 Å². The molecule has 1 aliphatic heterocycles. The zero-order valence-electron chi connectivity index (χ0n) is 15.4. The highest BCUT2D eigenvalue weighted by Gasteiger charge is 2.32. The van der Waals surface area contributed by atoms with Crippen molar-refractivity contribution in [3.8, 4) is 5.69 Å². The summed E-state index contributed by atoms with van der Waals surface area (Å²) in [6.07, 6.45) is 1.31. The van der Waals surface area contributed by atoms with E-state index in [1.54, 1.807) is 0 Å². The molecule has 0 radical (unpaired) electrons. The monoisotopic (exact) mass is 405 g/mol. The van der Waals surface area contributed by atoms with Crippen LogP contribution in [0, 0.1) is 5.82 Å². The summed E-state index contributed by atoms with van der Waals surface area (Å²) >= 11 is 0. The second kappa shape index (κ2) is 8.10. The SMILES string of the molecule is COC(=O)C1=C(C(=O)OC)N(c2ccc(-n3ccc(C(=O)O)n3)c(F)c2)COC1. The smallest absolute Gasteiger partial charge is 0.356 e. The zero-order valence-corrected chi connectivity index (χ0v) is 15.4. The number of hydrogen-bond donors (Lipinski definition) is 1. The van der Waals surface area contributed by atoms with E-state index in [9.17, 15) is 18.8 Å². The molecule has 0 atom stereocenters. The van der Waals surface area contributed by atoms with Crippen molar-refractivity contribution in [2.45, 2.75) is 0 Å². The van der Waals surface area contributed by atoms with Gasteiger partial charge in [0.15, 0.2) is 11.5 Å². The fourth-order valence-electron chi connectivity index (χ4n) is 2.77. The Labute approximate surface area is 163 Å². The van der Waals surface area contributed by atoms with Gasteiger partial charge in [-0.1, -0.05) is 0 Å². The molecule has 10 nitrogen and oxygen atoms in total. The number of ether oxygens (including phenoxy) is 3. The third-order valence-electron chi connectivity index (χ3n) is 4.13. The lowest BCUT2D eigenvalue weighted by atomic mass is 10.1. The van der Waals surface area contributed by atoms with Crippen LogP contribution in [0.5, 0.6) is 0 Å². The summed E-state index contributed by atoms with van der Waals surface area (Å²) in [6.45, 7) is -0.298. The normalized spacial score (nSPS) is 14.0. The number of benzene rings is 1. The van der Waals surface area contributed by atoms with Gasteiger partial charge in [0.05, 0.1) is 26.4 Å². The van der Waals surface area contributed by atoms with Gasteiger partial charge in [-0.2, -0.15) is 5.10 Å². The van der Waals surface area contributed by atoms with Gasteiger partial charge < -0.3 is 24.2 Å². The van der Waals surface area contributed by atoms with Crippen LogP contribution < -0.4 is 4.90 Å². The quantitative estimate of drug-likeness (QED) is 0.729. The van der Waals surface area contributed by atoms with E-state index in [2.05, 4.69) is 9.84 Å². The lowest BCUT2D eigenvalue weighted by Crippen LogP contribution is -2.38. The van der Waals surface area contributed by atoms with Crippen molar-refractivity contribution in [3.05, 3.63) is 53.2 Å². The van der Waals surface area contributed by atoms with Gasteiger partial charge in [-0.25, -0.2) is 23.5 Å². The van der Waals surface area contributed by atoms with Crippen molar-refractivity contribution in [1.82, 2.24) is 9.78 Å². The Kier molecular flexibility index (Phi) is 5.59. The van der Waals surface area contributed by atoms with Gasteiger partial charge in [-0.15, -0.1) is 0 Å². The Bertz CT molecular complexity index is 1010. The molecule has 0 amide bonds. The van der Waals surface area contributed by atoms with Crippen molar-refractivity contribution in [1.29, 1.82) is 0 Å². The Morgan fingerprint density at radius 2 is 1.90 bits per heavy atom. The zero-order chi connectivity index (χ0) is 21.1. The average molecular weight is 405 g/mol. The van der Waals surface area contributed by atoms with E-state index in [4.69, 9.17) is 14.6 Å². The Morgan fingerprint density at radius 3 is 2.48 bits per heavy atom. The summed E-state index contributed by atoms with van der Waals surface area (Å²) < 4.78 is 30.6. The van der Waals surface area contributed by atoms with Crippen LogP contribution in [0.1, 0.15) is 10.5 Å². The van der Waals surface area contributed by atoms with Crippen molar-refractivity contribution in [3.63, 3.8) is 0 Å². The summed E-state index contributed by atoms with van der Waals surface area (Å²) in [5.41, 5.74) is -0.218. The lowest BCUT2D eigenvalue weighted by molar-refractivity contribution is -0.140. The largest absolute Gasteiger partial charge is 0.476 e. The molecule has 11 heteroatoms. The van der Waals surface area contributed by atoms with E-state index in [-0.39, 0.29) is 41.7 Å². The topological polar surface area (TPSA) is 120 Å². The maximum absolute atomic E-state index is 14.7. The van der Waals surface area contributed by atoms with E-state index in [1.807, 2.05) is 0 Å². The highest BCUT2D eigenvalue weighted by Crippen LogP contribution is 2.29. The van der Waals surface area contributed by atoms with Crippen molar-refractivity contribution >= 4 is 23.6 Å². The average Bonchev–Trinajstić information content (AvgIpc) is 3.22. The van der Waals surface area contributed by atoms with E-state index in [0.717, 1.165) is 25.0 Å². The third-order valence-corrected chi connectivity index (χ3v) is 4.13. The number of rotatable bonds is 5. The maximum atomic E-state index is 14.7. The van der Waals surface area contributed by atoms with Crippen molar-refractivity contribution < 1.29 is 38.1 Å². The number of carbonyl (C=O) groups is 3. The van der Waals surface area contributed by atoms with Crippen LogP contribution in [-0.4, -0.2) is 60.4 Å². The first-order chi connectivity index (χ1) is 13.9. The summed E-state index contributed by atoms with van der Waals surface area (Å²) in [6, 6.07) is 5.15. The number of esters is 2. The highest BCUT2D eigenvalue weighted by molar-refractivity contribution is 6.03. The van der Waals surface area contributed by atoms with Crippen molar-refractivity contribution in [2.75, 3.05) is 32.5 Å². The van der Waals surface area contributed by atoms with Crippen LogP contribution in [0.4, 0.5) is 10.1 Å². The molecule has 3 rings (SSSR count). The molecule has 2 aromatic rings. The van der Waals surface area contributed by atoms with Crippen LogP contribution in [0.2, 0.25) is 0 Å². The number of anilines is 1. The molecule has 1 aromatic carbocycles. The van der Waals surface area contributed by atoms with E-state index < -0.39 is 23.7 Å². The van der Waals surface area contributed by atoms with Crippen molar-refractivity contribution in [2.24, 2.45) is 0 Å². The number of methoxy groups -OCH3 is 2. The van der Waals surface area contributed by atoms with Gasteiger partial charge in [-0.05, 0) is 24.3 Å². The molecule has 29 heavy (non-hydrogen) atoms. The third kappa shape index (κ3) is 3.80. The molecule has 0 fully saturated rings. The number of carboxylic acid groups (broad SMARTS) is 1. The van der Waals surface area contributed by atoms with Gasteiger partial charge in [0.2, 0.25) is 0 Å². The van der Waals surface area contributed by atoms with Crippen LogP contribution >= 0.6 is 0 Å². The molecule has 0 unspecified atom stereocenters. The molecule has 0 aliphatic carbocycles. The summed E-state index contributed by atoms with van der Waals surface area (Å²) in [7, 11) is 2.31.